The summed E-state index contributed by atoms with van der Waals surface area (Å²) in [5.41, 5.74) is 0.683. The summed E-state index contributed by atoms with van der Waals surface area (Å²) in [5, 5.41) is 0. The average Bonchev–Trinajstić information content (AvgIpc) is 2.80. The predicted octanol–water partition coefficient (Wildman–Crippen LogP) is 3.07. The first-order valence-corrected chi connectivity index (χ1v) is 6.98. The third-order valence-electron chi connectivity index (χ3n) is 2.94. The predicted molar refractivity (Wildman–Crippen MR) is 73.2 cm³/mol. The number of amides is 1. The van der Waals surface area contributed by atoms with E-state index in [9.17, 15) is 4.79 Å². The zero-order chi connectivity index (χ0) is 12.4. The Morgan fingerprint density at radius 3 is 2.82 bits per heavy atom. The summed E-state index contributed by atoms with van der Waals surface area (Å²) >= 11 is 6.79. The highest BCUT2D eigenvalue weighted by molar-refractivity contribution is 9.11. The van der Waals surface area contributed by atoms with Crippen LogP contribution in [0.25, 0.3) is 0 Å². The van der Waals surface area contributed by atoms with Crippen LogP contribution >= 0.6 is 31.9 Å². The Balaban J connectivity index is 2.18. The quantitative estimate of drug-likeness (QED) is 0.809. The lowest BCUT2D eigenvalue weighted by molar-refractivity contribution is 0.0710. The Kier molecular flexibility index (Phi) is 4.22. The molecule has 0 aromatic heterocycles. The SMILES string of the molecule is CN(C(=O)c1ccc(Br)cc1Br)C1CCOC1. The molecule has 17 heavy (non-hydrogen) atoms. The van der Waals surface area contributed by atoms with Crippen molar-refractivity contribution in [2.45, 2.75) is 12.5 Å². The molecular formula is C12H13Br2NO2. The van der Waals surface area contributed by atoms with Gasteiger partial charge in [-0.05, 0) is 40.5 Å². The highest BCUT2D eigenvalue weighted by atomic mass is 79.9. The molecule has 0 saturated carbocycles. The molecular weight excluding hydrogens is 350 g/mol. The van der Waals surface area contributed by atoms with Crippen LogP contribution in [-0.2, 0) is 4.74 Å². The molecule has 3 nitrogen and oxygen atoms in total. The fourth-order valence-corrected chi connectivity index (χ4v) is 3.06. The second-order valence-electron chi connectivity index (χ2n) is 4.06. The Labute approximate surface area is 117 Å². The van der Waals surface area contributed by atoms with E-state index in [1.54, 1.807) is 4.90 Å². The molecule has 1 heterocycles. The van der Waals surface area contributed by atoms with Gasteiger partial charge in [0.05, 0.1) is 18.2 Å². The number of likely N-dealkylation sites (N-methyl/N-ethyl adjacent to an activating group) is 1. The smallest absolute Gasteiger partial charge is 0.255 e. The maximum absolute atomic E-state index is 12.3. The molecule has 1 amide bonds. The summed E-state index contributed by atoms with van der Waals surface area (Å²) in [7, 11) is 1.83. The fraction of sp³-hybridized carbons (Fsp3) is 0.417. The van der Waals surface area contributed by atoms with Crippen molar-refractivity contribution < 1.29 is 9.53 Å². The molecule has 1 aromatic rings. The molecule has 1 atom stereocenters. The maximum Gasteiger partial charge on any atom is 0.255 e. The topological polar surface area (TPSA) is 29.5 Å². The molecule has 0 radical (unpaired) electrons. The van der Waals surface area contributed by atoms with E-state index in [0.717, 1.165) is 22.0 Å². The lowest BCUT2D eigenvalue weighted by atomic mass is 10.1. The zero-order valence-electron chi connectivity index (χ0n) is 9.45. The number of benzene rings is 1. The summed E-state index contributed by atoms with van der Waals surface area (Å²) in [6.07, 6.45) is 0.913. The molecule has 0 N–H and O–H groups in total. The van der Waals surface area contributed by atoms with Crippen LogP contribution in [-0.4, -0.2) is 37.1 Å². The molecule has 92 valence electrons. The standard InChI is InChI=1S/C12H13Br2NO2/c1-15(9-4-5-17-7-9)12(16)10-3-2-8(13)6-11(10)14/h2-3,6,9H,4-5,7H2,1H3. The molecule has 2 rings (SSSR count). The van der Waals surface area contributed by atoms with Gasteiger partial charge in [-0.2, -0.15) is 0 Å². The summed E-state index contributed by atoms with van der Waals surface area (Å²) in [4.78, 5) is 14.1. The second kappa shape index (κ2) is 5.50. The van der Waals surface area contributed by atoms with Gasteiger partial charge in [0.15, 0.2) is 0 Å². The van der Waals surface area contributed by atoms with Crippen molar-refractivity contribution >= 4 is 37.8 Å². The normalized spacial score (nSPS) is 19.4. The van der Waals surface area contributed by atoms with E-state index in [1.807, 2.05) is 25.2 Å². The van der Waals surface area contributed by atoms with Crippen LogP contribution in [0.15, 0.2) is 27.1 Å². The molecule has 1 aliphatic rings. The van der Waals surface area contributed by atoms with Crippen molar-refractivity contribution in [2.24, 2.45) is 0 Å². The number of rotatable bonds is 2. The van der Waals surface area contributed by atoms with E-state index in [0.29, 0.717) is 12.2 Å². The molecule has 1 aromatic carbocycles. The number of hydrogen-bond donors (Lipinski definition) is 0. The van der Waals surface area contributed by atoms with E-state index in [1.165, 1.54) is 0 Å². The zero-order valence-corrected chi connectivity index (χ0v) is 12.6. The third kappa shape index (κ3) is 2.89. The van der Waals surface area contributed by atoms with Gasteiger partial charge in [-0.3, -0.25) is 4.79 Å². The summed E-state index contributed by atoms with van der Waals surface area (Å²) in [5.74, 6) is 0.0277. The van der Waals surface area contributed by atoms with Crippen LogP contribution in [0.1, 0.15) is 16.8 Å². The molecule has 0 bridgehead atoms. The third-order valence-corrected chi connectivity index (χ3v) is 4.08. The second-order valence-corrected chi connectivity index (χ2v) is 5.83. The van der Waals surface area contributed by atoms with Crippen molar-refractivity contribution in [3.05, 3.63) is 32.7 Å². The van der Waals surface area contributed by atoms with Gasteiger partial charge in [0.2, 0.25) is 0 Å². The Morgan fingerprint density at radius 1 is 1.47 bits per heavy atom. The van der Waals surface area contributed by atoms with Gasteiger partial charge < -0.3 is 9.64 Å². The van der Waals surface area contributed by atoms with E-state index in [4.69, 9.17) is 4.74 Å². The van der Waals surface area contributed by atoms with Crippen LogP contribution < -0.4 is 0 Å². The highest BCUT2D eigenvalue weighted by Crippen LogP contribution is 2.24. The lowest BCUT2D eigenvalue weighted by Crippen LogP contribution is -2.37. The number of hydrogen-bond acceptors (Lipinski definition) is 2. The van der Waals surface area contributed by atoms with Crippen molar-refractivity contribution in [1.29, 1.82) is 0 Å². The van der Waals surface area contributed by atoms with Gasteiger partial charge in [-0.15, -0.1) is 0 Å². The van der Waals surface area contributed by atoms with Crippen LogP contribution in [0.3, 0.4) is 0 Å². The van der Waals surface area contributed by atoms with Crippen LogP contribution in [0.5, 0.6) is 0 Å². The molecule has 1 aliphatic heterocycles. The van der Waals surface area contributed by atoms with Gasteiger partial charge in [0, 0.05) is 22.6 Å². The van der Waals surface area contributed by atoms with Gasteiger partial charge in [0.25, 0.3) is 5.91 Å². The first-order chi connectivity index (χ1) is 8.09. The van der Waals surface area contributed by atoms with E-state index in [2.05, 4.69) is 31.9 Å². The number of carbonyl (C=O) groups is 1. The minimum Gasteiger partial charge on any atom is -0.379 e. The van der Waals surface area contributed by atoms with E-state index >= 15 is 0 Å². The lowest BCUT2D eigenvalue weighted by Gasteiger charge is -2.23. The highest BCUT2D eigenvalue weighted by Gasteiger charge is 2.25. The van der Waals surface area contributed by atoms with Gasteiger partial charge in [-0.1, -0.05) is 15.9 Å². The van der Waals surface area contributed by atoms with E-state index < -0.39 is 0 Å². The number of carbonyl (C=O) groups excluding carboxylic acids is 1. The molecule has 1 fully saturated rings. The number of ether oxygens (including phenoxy) is 1. The molecule has 1 unspecified atom stereocenters. The molecule has 0 aliphatic carbocycles. The van der Waals surface area contributed by atoms with Crippen LogP contribution in [0.4, 0.5) is 0 Å². The first kappa shape index (κ1) is 13.1. The van der Waals surface area contributed by atoms with Gasteiger partial charge in [0.1, 0.15) is 0 Å². The van der Waals surface area contributed by atoms with Gasteiger partial charge >= 0.3 is 0 Å². The maximum atomic E-state index is 12.3. The minimum atomic E-state index is 0.0277. The number of halogens is 2. The van der Waals surface area contributed by atoms with Crippen molar-refractivity contribution in [3.8, 4) is 0 Å². The average molecular weight is 363 g/mol. The van der Waals surface area contributed by atoms with Crippen molar-refractivity contribution in [2.75, 3.05) is 20.3 Å². The Bertz CT molecular complexity index is 431. The molecule has 0 spiro atoms. The van der Waals surface area contributed by atoms with Crippen LogP contribution in [0, 0.1) is 0 Å². The minimum absolute atomic E-state index is 0.0277. The van der Waals surface area contributed by atoms with Crippen LogP contribution in [0.2, 0.25) is 0 Å². The largest absolute Gasteiger partial charge is 0.379 e. The van der Waals surface area contributed by atoms with Crippen molar-refractivity contribution in [3.63, 3.8) is 0 Å². The fourth-order valence-electron chi connectivity index (χ4n) is 1.85. The summed E-state index contributed by atoms with van der Waals surface area (Å²) in [6, 6.07) is 5.77. The van der Waals surface area contributed by atoms with E-state index in [-0.39, 0.29) is 11.9 Å². The number of nitrogens with zero attached hydrogens (tertiary/aromatic N) is 1. The summed E-state index contributed by atoms with van der Waals surface area (Å²) < 4.78 is 7.06. The Morgan fingerprint density at radius 2 is 2.24 bits per heavy atom. The monoisotopic (exact) mass is 361 g/mol. The Hall–Kier alpha value is -0.390. The molecule has 5 heteroatoms. The first-order valence-electron chi connectivity index (χ1n) is 5.39. The van der Waals surface area contributed by atoms with Crippen molar-refractivity contribution in [1.82, 2.24) is 4.90 Å². The molecule has 1 saturated heterocycles. The van der Waals surface area contributed by atoms with Gasteiger partial charge in [-0.25, -0.2) is 0 Å². The summed E-state index contributed by atoms with van der Waals surface area (Å²) in [6.45, 7) is 1.38.